The monoisotopic (exact) mass is 448 g/mol. The van der Waals surface area contributed by atoms with Crippen molar-refractivity contribution >= 4 is 22.6 Å². The molecule has 0 bridgehead atoms. The number of anilines is 1. The van der Waals surface area contributed by atoms with Gasteiger partial charge in [-0.3, -0.25) is 9.36 Å². The van der Waals surface area contributed by atoms with Crippen molar-refractivity contribution in [3.05, 3.63) is 58.0 Å². The molecule has 0 spiro atoms. The smallest absolute Gasteiger partial charge is 0.416 e. The number of hydrogen-bond acceptors (Lipinski definition) is 4. The van der Waals surface area contributed by atoms with Crippen LogP contribution < -0.4 is 16.2 Å². The van der Waals surface area contributed by atoms with Gasteiger partial charge in [-0.05, 0) is 54.8 Å². The topological polar surface area (TPSA) is 93.3 Å². The fraction of sp³-hybridized carbons (Fsp3) is 0.364. The second-order valence-electron chi connectivity index (χ2n) is 7.96. The van der Waals surface area contributed by atoms with Gasteiger partial charge in [0.05, 0.1) is 36.2 Å². The number of alkyl halides is 3. The van der Waals surface area contributed by atoms with Crippen LogP contribution in [0.1, 0.15) is 30.0 Å². The lowest BCUT2D eigenvalue weighted by molar-refractivity contribution is -0.138. The number of rotatable bonds is 4. The largest absolute Gasteiger partial charge is 0.497 e. The number of hydrogen-bond donors (Lipinski definition) is 2. The first kappa shape index (κ1) is 21.8. The summed E-state index contributed by atoms with van der Waals surface area (Å²) in [6.45, 7) is 0.765. The Balaban J connectivity index is 1.56. The Morgan fingerprint density at radius 2 is 2.03 bits per heavy atom. The molecule has 1 amide bonds. The molecule has 7 nitrogen and oxygen atoms in total. The number of imidazole rings is 1. The number of benzene rings is 2. The second-order valence-corrected chi connectivity index (χ2v) is 7.96. The number of aromatic nitrogens is 2. The van der Waals surface area contributed by atoms with Crippen molar-refractivity contribution in [1.29, 1.82) is 0 Å². The number of methoxy groups -OCH3 is 1. The van der Waals surface area contributed by atoms with Gasteiger partial charge >= 0.3 is 11.9 Å². The normalized spacial score (nSPS) is 17.0. The van der Waals surface area contributed by atoms with E-state index in [9.17, 15) is 22.8 Å². The maximum Gasteiger partial charge on any atom is 0.416 e. The Morgan fingerprint density at radius 1 is 1.25 bits per heavy atom. The molecule has 2 aromatic carbocycles. The van der Waals surface area contributed by atoms with Crippen LogP contribution in [-0.4, -0.2) is 40.6 Å². The summed E-state index contributed by atoms with van der Waals surface area (Å²) in [4.78, 5) is 29.9. The van der Waals surface area contributed by atoms with Gasteiger partial charge in [0.2, 0.25) is 5.91 Å². The van der Waals surface area contributed by atoms with Crippen LogP contribution in [0.2, 0.25) is 0 Å². The minimum atomic E-state index is -4.54. The van der Waals surface area contributed by atoms with E-state index in [1.54, 1.807) is 27.7 Å². The summed E-state index contributed by atoms with van der Waals surface area (Å²) in [5.74, 6) is -0.259. The van der Waals surface area contributed by atoms with Gasteiger partial charge in [-0.15, -0.1) is 0 Å². The van der Waals surface area contributed by atoms with E-state index in [2.05, 4.69) is 4.98 Å². The number of aromatic amines is 1. The van der Waals surface area contributed by atoms with Crippen LogP contribution in [0.3, 0.4) is 0 Å². The Morgan fingerprint density at radius 3 is 2.75 bits per heavy atom. The molecule has 4 rings (SSSR count). The van der Waals surface area contributed by atoms with Gasteiger partial charge in [0.25, 0.3) is 0 Å². The van der Waals surface area contributed by atoms with Crippen molar-refractivity contribution in [2.45, 2.75) is 31.5 Å². The number of nitrogens with two attached hydrogens (primary N) is 1. The first-order valence-electron chi connectivity index (χ1n) is 10.2. The number of likely N-dealkylation sites (tertiary alicyclic amines) is 1. The van der Waals surface area contributed by atoms with Crippen molar-refractivity contribution in [2.24, 2.45) is 0 Å². The van der Waals surface area contributed by atoms with Crippen molar-refractivity contribution in [2.75, 3.05) is 25.9 Å². The molecular formula is C22H23F3N4O3. The lowest BCUT2D eigenvalue weighted by Gasteiger charge is -2.33. The van der Waals surface area contributed by atoms with Crippen molar-refractivity contribution in [1.82, 2.24) is 14.5 Å². The minimum absolute atomic E-state index is 0.0436. The van der Waals surface area contributed by atoms with Crippen LogP contribution in [0, 0.1) is 0 Å². The zero-order chi connectivity index (χ0) is 23.0. The van der Waals surface area contributed by atoms with Gasteiger partial charge < -0.3 is 20.4 Å². The fourth-order valence-electron chi connectivity index (χ4n) is 4.22. The van der Waals surface area contributed by atoms with Gasteiger partial charge in [-0.25, -0.2) is 4.79 Å². The zero-order valence-electron chi connectivity index (χ0n) is 17.4. The van der Waals surface area contributed by atoms with Crippen LogP contribution in [-0.2, 0) is 17.4 Å². The van der Waals surface area contributed by atoms with Crippen LogP contribution in [0.25, 0.3) is 11.0 Å². The number of nitrogen functional groups attached to an aromatic ring is 1. The standard InChI is InChI=1S/C22H23F3N4O3/c1-32-17-8-13(7-14(10-17)22(23,24)25)9-20(30)28-6-2-3-16(12-28)29-19-11-15(26)4-5-18(19)27-21(29)31/h4-5,7-8,10-11,16H,2-3,6,9,12,26H2,1H3,(H,27,31)/t16-/m0/s1. The summed E-state index contributed by atoms with van der Waals surface area (Å²) in [6, 6.07) is 8.18. The summed E-state index contributed by atoms with van der Waals surface area (Å²) in [5.41, 5.74) is 6.79. The number of H-pyrrole nitrogens is 1. The molecule has 170 valence electrons. The Hall–Kier alpha value is -3.43. The molecule has 10 heteroatoms. The Labute approximate surface area is 181 Å². The number of ether oxygens (including phenoxy) is 1. The lowest BCUT2D eigenvalue weighted by Crippen LogP contribution is -2.43. The maximum absolute atomic E-state index is 13.2. The lowest BCUT2D eigenvalue weighted by atomic mass is 10.0. The minimum Gasteiger partial charge on any atom is -0.497 e. The number of carbonyl (C=O) groups excluding carboxylic acids is 1. The van der Waals surface area contributed by atoms with E-state index in [4.69, 9.17) is 10.5 Å². The molecule has 1 aliphatic heterocycles. The number of nitrogens with one attached hydrogen (secondary N) is 1. The third-order valence-electron chi connectivity index (χ3n) is 5.74. The number of fused-ring (bicyclic) bond motifs is 1. The third-order valence-corrected chi connectivity index (χ3v) is 5.74. The number of amides is 1. The number of nitrogens with zero attached hydrogens (tertiary/aromatic N) is 2. The van der Waals surface area contributed by atoms with Gasteiger partial charge in [-0.1, -0.05) is 0 Å². The van der Waals surface area contributed by atoms with E-state index < -0.39 is 11.7 Å². The highest BCUT2D eigenvalue weighted by Crippen LogP contribution is 2.33. The number of piperidine rings is 1. The predicted molar refractivity (Wildman–Crippen MR) is 114 cm³/mol. The summed E-state index contributed by atoms with van der Waals surface area (Å²) in [6.07, 6.45) is -3.36. The summed E-state index contributed by atoms with van der Waals surface area (Å²) < 4.78 is 46.1. The molecule has 1 aliphatic rings. The first-order valence-corrected chi connectivity index (χ1v) is 10.2. The van der Waals surface area contributed by atoms with Crippen LogP contribution in [0.15, 0.2) is 41.2 Å². The van der Waals surface area contributed by atoms with Crippen LogP contribution in [0.5, 0.6) is 5.75 Å². The van der Waals surface area contributed by atoms with Crippen LogP contribution in [0.4, 0.5) is 18.9 Å². The van der Waals surface area contributed by atoms with Gasteiger partial charge in [0, 0.05) is 18.8 Å². The number of halogens is 3. The second kappa shape index (κ2) is 8.25. The zero-order valence-corrected chi connectivity index (χ0v) is 17.4. The average Bonchev–Trinajstić information content (AvgIpc) is 3.07. The molecule has 0 radical (unpaired) electrons. The van der Waals surface area contributed by atoms with Crippen molar-refractivity contribution in [3.63, 3.8) is 0 Å². The molecule has 1 saturated heterocycles. The van der Waals surface area contributed by atoms with Gasteiger partial charge in [0.15, 0.2) is 0 Å². The summed E-state index contributed by atoms with van der Waals surface area (Å²) in [5, 5.41) is 0. The number of carbonyl (C=O) groups is 1. The van der Waals surface area contributed by atoms with Gasteiger partial charge in [-0.2, -0.15) is 13.2 Å². The molecule has 0 unspecified atom stereocenters. The highest BCUT2D eigenvalue weighted by Gasteiger charge is 2.32. The maximum atomic E-state index is 13.2. The third kappa shape index (κ3) is 4.30. The molecule has 3 N–H and O–H groups in total. The van der Waals surface area contributed by atoms with Crippen molar-refractivity contribution < 1.29 is 22.7 Å². The molecular weight excluding hydrogens is 425 g/mol. The van der Waals surface area contributed by atoms with Crippen LogP contribution >= 0.6 is 0 Å². The molecule has 1 aromatic heterocycles. The van der Waals surface area contributed by atoms with E-state index in [0.717, 1.165) is 12.1 Å². The first-order chi connectivity index (χ1) is 15.2. The van der Waals surface area contributed by atoms with Crippen molar-refractivity contribution in [3.8, 4) is 5.75 Å². The predicted octanol–water partition coefficient (Wildman–Crippen LogP) is 3.35. The molecule has 1 fully saturated rings. The van der Waals surface area contributed by atoms with E-state index in [-0.39, 0.29) is 41.9 Å². The summed E-state index contributed by atoms with van der Waals surface area (Å²) in [7, 11) is 1.28. The molecule has 32 heavy (non-hydrogen) atoms. The van der Waals surface area contributed by atoms with Gasteiger partial charge in [0.1, 0.15) is 5.75 Å². The highest BCUT2D eigenvalue weighted by molar-refractivity contribution is 5.80. The molecule has 0 aliphatic carbocycles. The van der Waals surface area contributed by atoms with E-state index in [0.29, 0.717) is 36.1 Å². The molecule has 1 atom stereocenters. The van der Waals surface area contributed by atoms with E-state index in [1.807, 2.05) is 0 Å². The molecule has 2 heterocycles. The summed E-state index contributed by atoms with van der Waals surface area (Å²) >= 11 is 0. The van der Waals surface area contributed by atoms with E-state index >= 15 is 0 Å². The Bertz CT molecular complexity index is 1220. The Kier molecular flexibility index (Phi) is 5.62. The SMILES string of the molecule is COc1cc(CC(=O)N2CCC[C@H](n3c(=O)[nH]c4ccc(N)cc43)C2)cc(C(F)(F)F)c1. The highest BCUT2D eigenvalue weighted by atomic mass is 19.4. The fourth-order valence-corrected chi connectivity index (χ4v) is 4.22. The molecule has 0 saturated carbocycles. The quantitative estimate of drug-likeness (QED) is 0.599. The average molecular weight is 448 g/mol. The van der Waals surface area contributed by atoms with E-state index in [1.165, 1.54) is 13.2 Å². The molecule has 3 aromatic rings.